The second-order valence-electron chi connectivity index (χ2n) is 2.84. The minimum absolute atomic E-state index is 0.220. The maximum absolute atomic E-state index is 8.77. The number of hydrogen-bond acceptors (Lipinski definition) is 1. The van der Waals surface area contributed by atoms with Crippen molar-refractivity contribution in [3.63, 3.8) is 0 Å². The van der Waals surface area contributed by atoms with E-state index in [1.807, 2.05) is 13.0 Å². The van der Waals surface area contributed by atoms with E-state index in [2.05, 4.69) is 35.0 Å². The van der Waals surface area contributed by atoms with Gasteiger partial charge in [0.05, 0.1) is 0 Å². The monoisotopic (exact) mass is 232 g/mol. The van der Waals surface area contributed by atoms with Gasteiger partial charge >= 0.3 is 0 Å². The van der Waals surface area contributed by atoms with Crippen LogP contribution in [0.15, 0.2) is 23.8 Å². The van der Waals surface area contributed by atoms with Crippen LogP contribution in [-0.4, -0.2) is 17.0 Å². The van der Waals surface area contributed by atoms with E-state index in [1.165, 1.54) is 5.57 Å². The predicted molar refractivity (Wildman–Crippen MR) is 57.6 cm³/mol. The van der Waals surface area contributed by atoms with Crippen LogP contribution in [0, 0.1) is 5.92 Å². The molecule has 12 heavy (non-hydrogen) atoms. The van der Waals surface area contributed by atoms with E-state index in [-0.39, 0.29) is 12.5 Å². The highest BCUT2D eigenvalue weighted by atomic mass is 79.9. The van der Waals surface area contributed by atoms with Crippen LogP contribution >= 0.6 is 15.9 Å². The Morgan fingerprint density at radius 3 is 2.67 bits per heavy atom. The van der Waals surface area contributed by atoms with E-state index < -0.39 is 0 Å². The van der Waals surface area contributed by atoms with Crippen molar-refractivity contribution in [3.8, 4) is 0 Å². The van der Waals surface area contributed by atoms with Crippen molar-refractivity contribution in [3.05, 3.63) is 23.8 Å². The average Bonchev–Trinajstić information content (AvgIpc) is 2.11. The minimum atomic E-state index is 0.220. The highest BCUT2D eigenvalue weighted by Crippen LogP contribution is 2.05. The lowest BCUT2D eigenvalue weighted by atomic mass is 10.1. The van der Waals surface area contributed by atoms with Crippen LogP contribution in [0.4, 0.5) is 0 Å². The first-order valence-corrected chi connectivity index (χ1v) is 5.40. The number of hydrogen-bond donors (Lipinski definition) is 1. The fourth-order valence-corrected chi connectivity index (χ4v) is 1.19. The molecule has 0 aliphatic heterocycles. The van der Waals surface area contributed by atoms with E-state index in [9.17, 15) is 0 Å². The summed E-state index contributed by atoms with van der Waals surface area (Å²) in [5.41, 5.74) is 1.28. The molecule has 0 aromatic rings. The molecule has 1 nitrogen and oxygen atoms in total. The van der Waals surface area contributed by atoms with Gasteiger partial charge < -0.3 is 5.11 Å². The van der Waals surface area contributed by atoms with E-state index in [1.54, 1.807) is 0 Å². The third kappa shape index (κ3) is 5.56. The summed E-state index contributed by atoms with van der Waals surface area (Å²) in [6, 6.07) is 0. The van der Waals surface area contributed by atoms with Crippen molar-refractivity contribution in [1.82, 2.24) is 0 Å². The van der Waals surface area contributed by atoms with Gasteiger partial charge in [0.2, 0.25) is 0 Å². The summed E-state index contributed by atoms with van der Waals surface area (Å²) in [6.45, 7) is 4.33. The molecule has 0 aromatic carbocycles. The summed E-state index contributed by atoms with van der Waals surface area (Å²) in [4.78, 5) is 0. The van der Waals surface area contributed by atoms with E-state index in [4.69, 9.17) is 5.11 Å². The number of aliphatic hydroxyl groups excluding tert-OH is 1. The van der Waals surface area contributed by atoms with Gasteiger partial charge in [0.15, 0.2) is 0 Å². The van der Waals surface area contributed by atoms with Crippen molar-refractivity contribution in [2.75, 3.05) is 11.9 Å². The Hall–Kier alpha value is -0.0800. The van der Waals surface area contributed by atoms with Crippen molar-refractivity contribution in [1.29, 1.82) is 0 Å². The molecule has 0 heterocycles. The zero-order valence-electron chi connectivity index (χ0n) is 7.76. The lowest BCUT2D eigenvalue weighted by Gasteiger charge is -2.00. The summed E-state index contributed by atoms with van der Waals surface area (Å²) in [6.07, 6.45) is 7.33. The molecular weight excluding hydrogens is 216 g/mol. The molecule has 70 valence electrons. The summed E-state index contributed by atoms with van der Waals surface area (Å²) in [5.74, 6) is 0.254. The minimum Gasteiger partial charge on any atom is -0.396 e. The van der Waals surface area contributed by atoms with Crippen LogP contribution in [0.25, 0.3) is 0 Å². The molecule has 1 atom stereocenters. The summed E-state index contributed by atoms with van der Waals surface area (Å²) >= 11 is 3.41. The molecule has 0 saturated heterocycles. The lowest BCUT2D eigenvalue weighted by Crippen LogP contribution is -1.95. The summed E-state index contributed by atoms with van der Waals surface area (Å²) in [7, 11) is 0. The number of alkyl halides is 1. The molecule has 0 spiro atoms. The number of allylic oxidation sites excluding steroid dienone is 3. The van der Waals surface area contributed by atoms with E-state index >= 15 is 0 Å². The molecule has 0 aromatic heterocycles. The molecule has 0 aliphatic rings. The average molecular weight is 233 g/mol. The number of rotatable bonds is 5. The molecule has 1 N–H and O–H groups in total. The van der Waals surface area contributed by atoms with Crippen molar-refractivity contribution < 1.29 is 5.11 Å². The first-order valence-electron chi connectivity index (χ1n) is 4.28. The number of halogens is 1. The van der Waals surface area contributed by atoms with Gasteiger partial charge in [-0.15, -0.1) is 0 Å². The Bertz CT molecular complexity index is 161. The molecule has 0 radical (unpaired) electrons. The molecule has 0 amide bonds. The molecule has 0 bridgehead atoms. The fourth-order valence-electron chi connectivity index (χ4n) is 0.778. The second kappa shape index (κ2) is 7.56. The van der Waals surface area contributed by atoms with Crippen LogP contribution < -0.4 is 0 Å². The predicted octanol–water partition coefficient (Wildman–Crippen LogP) is 2.90. The van der Waals surface area contributed by atoms with Gasteiger partial charge in [-0.05, 0) is 17.9 Å². The lowest BCUT2D eigenvalue weighted by molar-refractivity contribution is 0.262. The quantitative estimate of drug-likeness (QED) is 0.571. The summed E-state index contributed by atoms with van der Waals surface area (Å²) in [5, 5.41) is 9.65. The zero-order valence-corrected chi connectivity index (χ0v) is 9.34. The Morgan fingerprint density at radius 1 is 1.58 bits per heavy atom. The Morgan fingerprint density at radius 2 is 2.25 bits per heavy atom. The largest absolute Gasteiger partial charge is 0.396 e. The van der Waals surface area contributed by atoms with Crippen molar-refractivity contribution in [2.45, 2.75) is 20.3 Å². The summed E-state index contributed by atoms with van der Waals surface area (Å²) < 4.78 is 0. The van der Waals surface area contributed by atoms with Crippen LogP contribution in [0.1, 0.15) is 20.3 Å². The van der Waals surface area contributed by atoms with Crippen LogP contribution in [0.2, 0.25) is 0 Å². The SMILES string of the molecule is CC/C=C(\C=C/C(C)CO)CBr. The second-order valence-corrected chi connectivity index (χ2v) is 3.40. The normalized spacial score (nSPS) is 15.5. The van der Waals surface area contributed by atoms with Crippen molar-refractivity contribution >= 4 is 15.9 Å². The van der Waals surface area contributed by atoms with Gasteiger partial charge in [0.25, 0.3) is 0 Å². The van der Waals surface area contributed by atoms with Gasteiger partial charge in [0.1, 0.15) is 0 Å². The Labute approximate surface area is 83.3 Å². The van der Waals surface area contributed by atoms with Crippen LogP contribution in [0.5, 0.6) is 0 Å². The highest BCUT2D eigenvalue weighted by Gasteiger charge is 1.93. The van der Waals surface area contributed by atoms with Gasteiger partial charge in [-0.3, -0.25) is 0 Å². The molecule has 0 aliphatic carbocycles. The fraction of sp³-hybridized carbons (Fsp3) is 0.600. The van der Waals surface area contributed by atoms with Gasteiger partial charge in [-0.2, -0.15) is 0 Å². The standard InChI is InChI=1S/C10H17BrO/c1-3-4-10(7-11)6-5-9(2)8-12/h4-6,9,12H,3,7-8H2,1-2H3/b6-5-,10-4+. The van der Waals surface area contributed by atoms with E-state index in [0.29, 0.717) is 0 Å². The molecule has 2 heteroatoms. The first kappa shape index (κ1) is 11.9. The smallest absolute Gasteiger partial charge is 0.0491 e. The third-order valence-corrected chi connectivity index (χ3v) is 2.19. The first-order chi connectivity index (χ1) is 5.74. The Kier molecular flexibility index (Phi) is 7.51. The Balaban J connectivity index is 4.01. The topological polar surface area (TPSA) is 20.2 Å². The van der Waals surface area contributed by atoms with Crippen LogP contribution in [0.3, 0.4) is 0 Å². The maximum atomic E-state index is 8.77. The molecule has 0 saturated carbocycles. The van der Waals surface area contributed by atoms with Gasteiger partial charge in [0, 0.05) is 11.9 Å². The maximum Gasteiger partial charge on any atom is 0.0491 e. The van der Waals surface area contributed by atoms with Gasteiger partial charge in [-0.1, -0.05) is 48.0 Å². The highest BCUT2D eigenvalue weighted by molar-refractivity contribution is 9.09. The zero-order chi connectivity index (χ0) is 9.40. The molecule has 0 fully saturated rings. The van der Waals surface area contributed by atoms with Crippen LogP contribution in [-0.2, 0) is 0 Å². The molecule has 0 rings (SSSR count). The number of aliphatic hydroxyl groups is 1. The van der Waals surface area contributed by atoms with E-state index in [0.717, 1.165) is 11.8 Å². The third-order valence-electron chi connectivity index (χ3n) is 1.55. The molecular formula is C10H17BrO. The van der Waals surface area contributed by atoms with Crippen molar-refractivity contribution in [2.24, 2.45) is 5.92 Å². The molecule has 1 unspecified atom stereocenters. The van der Waals surface area contributed by atoms with Gasteiger partial charge in [-0.25, -0.2) is 0 Å².